The van der Waals surface area contributed by atoms with Crippen molar-refractivity contribution in [3.63, 3.8) is 0 Å². The van der Waals surface area contributed by atoms with Crippen molar-refractivity contribution in [3.8, 4) is 5.75 Å². The predicted octanol–water partition coefficient (Wildman–Crippen LogP) is 3.20. The van der Waals surface area contributed by atoms with Crippen LogP contribution in [-0.4, -0.2) is 35.3 Å². The van der Waals surface area contributed by atoms with Crippen molar-refractivity contribution in [2.24, 2.45) is 5.73 Å². The molecule has 1 amide bonds. The van der Waals surface area contributed by atoms with Gasteiger partial charge in [0.1, 0.15) is 5.75 Å². The third-order valence-corrected chi connectivity index (χ3v) is 6.14. The largest absolute Gasteiger partial charge is 0.497 e. The van der Waals surface area contributed by atoms with Crippen molar-refractivity contribution in [2.75, 3.05) is 13.7 Å². The van der Waals surface area contributed by atoms with Crippen LogP contribution < -0.4 is 10.5 Å². The van der Waals surface area contributed by atoms with E-state index in [0.717, 1.165) is 35.2 Å². The second kappa shape index (κ2) is 9.04. The molecule has 3 aromatic rings. The van der Waals surface area contributed by atoms with Crippen LogP contribution >= 0.6 is 0 Å². The van der Waals surface area contributed by atoms with E-state index in [1.807, 2.05) is 36.4 Å². The van der Waals surface area contributed by atoms with Crippen LogP contribution in [0.5, 0.6) is 5.75 Å². The summed E-state index contributed by atoms with van der Waals surface area (Å²) < 4.78 is 12.7. The molecule has 0 spiro atoms. The van der Waals surface area contributed by atoms with Crippen molar-refractivity contribution in [3.05, 3.63) is 64.8 Å². The minimum absolute atomic E-state index is 0.153. The van der Waals surface area contributed by atoms with Crippen molar-refractivity contribution in [1.82, 2.24) is 4.57 Å². The number of methoxy groups -OCH3 is 1. The third kappa shape index (κ3) is 3.84. The van der Waals surface area contributed by atoms with Crippen LogP contribution in [0.4, 0.5) is 0 Å². The number of aliphatic hydroxyl groups excluding tert-OH is 1. The van der Waals surface area contributed by atoms with Gasteiger partial charge in [0.25, 0.3) is 0 Å². The molecule has 2 aromatic carbocycles. The Balaban J connectivity index is 2.02. The molecule has 0 saturated carbocycles. The van der Waals surface area contributed by atoms with E-state index < -0.39 is 23.9 Å². The van der Waals surface area contributed by atoms with E-state index >= 15 is 0 Å². The lowest BCUT2D eigenvalue weighted by Crippen LogP contribution is -2.25. The van der Waals surface area contributed by atoms with Gasteiger partial charge in [-0.05, 0) is 43.4 Å². The number of nitrogens with zero attached hydrogens (tertiary/aromatic N) is 1. The number of carbonyl (C=O) groups excluding carboxylic acids is 2. The van der Waals surface area contributed by atoms with Gasteiger partial charge in [-0.1, -0.05) is 30.3 Å². The lowest BCUT2D eigenvalue weighted by atomic mass is 9.83. The van der Waals surface area contributed by atoms with Gasteiger partial charge in [-0.25, -0.2) is 4.79 Å². The van der Waals surface area contributed by atoms with Crippen LogP contribution in [0.15, 0.2) is 42.5 Å². The molecule has 2 unspecified atom stereocenters. The molecular formula is C25H28N2O5. The lowest BCUT2D eigenvalue weighted by molar-refractivity contribution is -0.153. The number of fused-ring (bicyclic) bond motifs is 3. The zero-order valence-electron chi connectivity index (χ0n) is 18.3. The maximum absolute atomic E-state index is 12.5. The van der Waals surface area contributed by atoms with Crippen LogP contribution in [0.3, 0.4) is 0 Å². The molecule has 0 radical (unpaired) electrons. The van der Waals surface area contributed by atoms with Crippen molar-refractivity contribution < 1.29 is 24.2 Å². The van der Waals surface area contributed by atoms with Gasteiger partial charge in [0, 0.05) is 29.3 Å². The Hall–Kier alpha value is -3.32. The van der Waals surface area contributed by atoms with Crippen molar-refractivity contribution in [1.29, 1.82) is 0 Å². The average Bonchev–Trinajstić information content (AvgIpc) is 3.12. The fraction of sp³-hybridized carbons (Fsp3) is 0.360. The summed E-state index contributed by atoms with van der Waals surface area (Å²) in [6.45, 7) is 2.42. The Kier molecular flexibility index (Phi) is 6.19. The summed E-state index contributed by atoms with van der Waals surface area (Å²) in [5, 5.41) is 11.6. The minimum Gasteiger partial charge on any atom is -0.497 e. The van der Waals surface area contributed by atoms with Crippen LogP contribution in [0, 0.1) is 0 Å². The average molecular weight is 437 g/mol. The van der Waals surface area contributed by atoms with Crippen LogP contribution in [0.2, 0.25) is 0 Å². The predicted molar refractivity (Wildman–Crippen MR) is 121 cm³/mol. The molecular weight excluding hydrogens is 408 g/mol. The number of aromatic nitrogens is 1. The van der Waals surface area contributed by atoms with Crippen LogP contribution in [0.25, 0.3) is 10.9 Å². The smallest absolute Gasteiger partial charge is 0.339 e. The SMILES string of the molecule is CCOC(=O)C(O)c1cc(OC)cc2c1c1c(n2Cc2ccccc2)CCCC1C(N)=O. The van der Waals surface area contributed by atoms with E-state index in [1.54, 1.807) is 13.0 Å². The van der Waals surface area contributed by atoms with Gasteiger partial charge in [-0.15, -0.1) is 0 Å². The van der Waals surface area contributed by atoms with E-state index in [4.69, 9.17) is 15.2 Å². The number of aliphatic hydroxyl groups is 1. The van der Waals surface area contributed by atoms with E-state index in [2.05, 4.69) is 4.57 Å². The van der Waals surface area contributed by atoms with Gasteiger partial charge in [0.05, 0.1) is 25.2 Å². The normalized spacial score (nSPS) is 16.4. The Labute approximate surface area is 186 Å². The van der Waals surface area contributed by atoms with E-state index in [9.17, 15) is 14.7 Å². The third-order valence-electron chi connectivity index (χ3n) is 6.14. The first-order valence-corrected chi connectivity index (χ1v) is 10.9. The zero-order valence-corrected chi connectivity index (χ0v) is 18.3. The Morgan fingerprint density at radius 2 is 2.00 bits per heavy atom. The first-order valence-electron chi connectivity index (χ1n) is 10.9. The molecule has 1 heterocycles. The number of benzene rings is 2. The highest BCUT2D eigenvalue weighted by molar-refractivity contribution is 5.98. The Bertz CT molecular complexity index is 1150. The number of rotatable bonds is 7. The summed E-state index contributed by atoms with van der Waals surface area (Å²) in [4.78, 5) is 24.9. The van der Waals surface area contributed by atoms with Gasteiger partial charge in [0.15, 0.2) is 6.10 Å². The number of hydrogen-bond acceptors (Lipinski definition) is 5. The molecule has 7 nitrogen and oxygen atoms in total. The number of nitrogens with two attached hydrogens (primary N) is 1. The number of amides is 1. The summed E-state index contributed by atoms with van der Waals surface area (Å²) in [6.07, 6.45) is 0.740. The number of ether oxygens (including phenoxy) is 2. The van der Waals surface area contributed by atoms with E-state index in [-0.39, 0.29) is 6.61 Å². The molecule has 2 atom stereocenters. The molecule has 0 fully saturated rings. The maximum Gasteiger partial charge on any atom is 0.339 e. The highest BCUT2D eigenvalue weighted by Crippen LogP contribution is 2.44. The highest BCUT2D eigenvalue weighted by atomic mass is 16.5. The van der Waals surface area contributed by atoms with Crippen LogP contribution in [0.1, 0.15) is 54.2 Å². The summed E-state index contributed by atoms with van der Waals surface area (Å²) in [5.74, 6) is -1.12. The molecule has 3 N–H and O–H groups in total. The molecule has 1 aliphatic rings. The van der Waals surface area contributed by atoms with Gasteiger partial charge in [-0.3, -0.25) is 4.79 Å². The molecule has 0 aliphatic heterocycles. The monoisotopic (exact) mass is 436 g/mol. The van der Waals surface area contributed by atoms with Crippen molar-refractivity contribution in [2.45, 2.75) is 44.8 Å². The van der Waals surface area contributed by atoms with Gasteiger partial charge >= 0.3 is 5.97 Å². The zero-order chi connectivity index (χ0) is 22.8. The fourth-order valence-corrected chi connectivity index (χ4v) is 4.74. The molecule has 1 aliphatic carbocycles. The summed E-state index contributed by atoms with van der Waals surface area (Å²) in [7, 11) is 1.54. The molecule has 1 aromatic heterocycles. The fourth-order valence-electron chi connectivity index (χ4n) is 4.74. The quantitative estimate of drug-likeness (QED) is 0.554. The molecule has 0 bridgehead atoms. The van der Waals surface area contributed by atoms with Gasteiger partial charge < -0.3 is 24.9 Å². The van der Waals surface area contributed by atoms with Gasteiger partial charge in [0.2, 0.25) is 5.91 Å². The lowest BCUT2D eigenvalue weighted by Gasteiger charge is -2.23. The number of primary amides is 1. The van der Waals surface area contributed by atoms with E-state index in [1.165, 1.54) is 7.11 Å². The van der Waals surface area contributed by atoms with Gasteiger partial charge in [-0.2, -0.15) is 0 Å². The number of esters is 1. The molecule has 0 saturated heterocycles. The topological polar surface area (TPSA) is 104 Å². The number of carbonyl (C=O) groups is 2. The molecule has 7 heteroatoms. The summed E-state index contributed by atoms with van der Waals surface area (Å²) in [6, 6.07) is 13.5. The maximum atomic E-state index is 12.5. The standard InChI is InChI=1S/C25H28N2O5/c1-3-32-25(30)23(28)18-12-16(31-2)13-20-22(18)21-17(24(26)29)10-7-11-19(21)27(20)14-15-8-5-4-6-9-15/h4-6,8-9,12-13,17,23,28H,3,7,10-11,14H2,1-2H3,(H2,26,29). The first-order chi connectivity index (χ1) is 15.5. The Morgan fingerprint density at radius 1 is 1.25 bits per heavy atom. The van der Waals surface area contributed by atoms with E-state index in [0.29, 0.717) is 29.7 Å². The number of hydrogen-bond donors (Lipinski definition) is 2. The highest BCUT2D eigenvalue weighted by Gasteiger charge is 2.34. The Morgan fingerprint density at radius 3 is 2.66 bits per heavy atom. The van der Waals surface area contributed by atoms with Crippen LogP contribution in [-0.2, 0) is 27.3 Å². The first kappa shape index (κ1) is 21.9. The second-order valence-electron chi connectivity index (χ2n) is 8.04. The second-order valence-corrected chi connectivity index (χ2v) is 8.04. The summed E-state index contributed by atoms with van der Waals surface area (Å²) in [5.41, 5.74) is 9.87. The molecule has 4 rings (SSSR count). The minimum atomic E-state index is -1.50. The summed E-state index contributed by atoms with van der Waals surface area (Å²) >= 11 is 0. The molecule has 32 heavy (non-hydrogen) atoms. The molecule has 168 valence electrons. The van der Waals surface area contributed by atoms with Crippen molar-refractivity contribution >= 4 is 22.8 Å².